The minimum atomic E-state index is -1.03. The zero-order valence-corrected chi connectivity index (χ0v) is 22.6. The number of carboxylic acid groups (broad SMARTS) is 1. The molecule has 2 aromatic carbocycles. The number of rotatable bonds is 16. The van der Waals surface area contributed by atoms with Gasteiger partial charge in [-0.3, -0.25) is 0 Å². The molecule has 0 aliphatic heterocycles. The van der Waals surface area contributed by atoms with Crippen LogP contribution >= 0.6 is 0 Å². The number of carboxylic acids is 1. The molecule has 0 aromatic heterocycles. The van der Waals surface area contributed by atoms with E-state index in [-0.39, 0.29) is 17.3 Å². The van der Waals surface area contributed by atoms with E-state index in [4.69, 9.17) is 19.3 Å². The zero-order chi connectivity index (χ0) is 28.2. The molecule has 0 aliphatic rings. The quantitative estimate of drug-likeness (QED) is 0.0802. The fraction of sp³-hybridized carbons (Fsp3) is 0.387. The van der Waals surface area contributed by atoms with Crippen LogP contribution in [0, 0.1) is 0 Å². The molecule has 0 saturated carbocycles. The third-order valence-electron chi connectivity index (χ3n) is 5.35. The summed E-state index contributed by atoms with van der Waals surface area (Å²) in [5.74, 6) is -0.918. The van der Waals surface area contributed by atoms with Crippen molar-refractivity contribution in [3.63, 3.8) is 0 Å². The SMILES string of the molecule is C=C(C)C(=O)OCCCCCCCCCC.C=CCOc1ccc(C(=O)Oc2ccc(C(=O)O)cc2)cc1. The highest BCUT2D eigenvalue weighted by atomic mass is 16.5. The average Bonchev–Trinajstić information content (AvgIpc) is 2.91. The van der Waals surface area contributed by atoms with Crippen molar-refractivity contribution in [2.75, 3.05) is 13.2 Å². The molecule has 0 aliphatic carbocycles. The zero-order valence-electron chi connectivity index (χ0n) is 22.6. The van der Waals surface area contributed by atoms with Crippen molar-refractivity contribution < 1.29 is 33.7 Å². The van der Waals surface area contributed by atoms with Crippen molar-refractivity contribution >= 4 is 17.9 Å². The number of carbonyl (C=O) groups is 3. The van der Waals surface area contributed by atoms with Gasteiger partial charge in [0.15, 0.2) is 0 Å². The van der Waals surface area contributed by atoms with Gasteiger partial charge in [-0.25, -0.2) is 14.4 Å². The minimum absolute atomic E-state index is 0.128. The van der Waals surface area contributed by atoms with Crippen LogP contribution in [0.2, 0.25) is 0 Å². The van der Waals surface area contributed by atoms with Crippen LogP contribution in [-0.4, -0.2) is 36.2 Å². The number of hydrogen-bond acceptors (Lipinski definition) is 6. The standard InChI is InChI=1S/C17H14O5.C14H26O2/c1-2-11-21-14-7-5-13(6-8-14)17(20)22-15-9-3-12(4-10-15)16(18)19;1-4-5-6-7-8-9-10-11-12-16-14(15)13(2)3/h2-10H,1,11H2,(H,18,19);2,4-12H2,1,3H3. The van der Waals surface area contributed by atoms with Crippen LogP contribution in [0.4, 0.5) is 0 Å². The van der Waals surface area contributed by atoms with Crippen molar-refractivity contribution in [1.82, 2.24) is 0 Å². The molecule has 2 rings (SSSR count). The second kappa shape index (κ2) is 19.3. The highest BCUT2D eigenvalue weighted by Crippen LogP contribution is 2.17. The lowest BCUT2D eigenvalue weighted by molar-refractivity contribution is -0.139. The molecule has 0 amide bonds. The number of unbranched alkanes of at least 4 members (excludes halogenated alkanes) is 7. The van der Waals surface area contributed by atoms with Gasteiger partial charge in [0.25, 0.3) is 0 Å². The molecule has 0 radical (unpaired) electrons. The van der Waals surface area contributed by atoms with Gasteiger partial charge < -0.3 is 19.3 Å². The van der Waals surface area contributed by atoms with E-state index in [0.717, 1.165) is 12.8 Å². The fourth-order valence-corrected chi connectivity index (χ4v) is 3.20. The van der Waals surface area contributed by atoms with Gasteiger partial charge in [0.05, 0.1) is 17.7 Å². The predicted molar refractivity (Wildman–Crippen MR) is 149 cm³/mol. The van der Waals surface area contributed by atoms with E-state index in [1.54, 1.807) is 37.3 Å². The maximum atomic E-state index is 12.0. The maximum absolute atomic E-state index is 12.0. The molecule has 0 heterocycles. The van der Waals surface area contributed by atoms with Crippen LogP contribution in [0.3, 0.4) is 0 Å². The summed E-state index contributed by atoms with van der Waals surface area (Å²) in [6.07, 6.45) is 11.7. The number of esters is 2. The van der Waals surface area contributed by atoms with Crippen LogP contribution in [0.15, 0.2) is 73.3 Å². The first-order chi connectivity index (χ1) is 18.3. The van der Waals surface area contributed by atoms with E-state index >= 15 is 0 Å². The second-order valence-corrected chi connectivity index (χ2v) is 8.73. The smallest absolute Gasteiger partial charge is 0.343 e. The minimum Gasteiger partial charge on any atom is -0.490 e. The number of hydrogen-bond donors (Lipinski definition) is 1. The van der Waals surface area contributed by atoms with Crippen molar-refractivity contribution in [3.05, 3.63) is 84.5 Å². The van der Waals surface area contributed by atoms with Gasteiger partial charge in [-0.15, -0.1) is 0 Å². The average molecular weight is 525 g/mol. The van der Waals surface area contributed by atoms with Gasteiger partial charge in [-0.1, -0.05) is 71.1 Å². The molecule has 7 heteroatoms. The predicted octanol–water partition coefficient (Wildman–Crippen LogP) is 7.42. The summed E-state index contributed by atoms with van der Waals surface area (Å²) in [4.78, 5) is 33.7. The molecule has 0 unspecified atom stereocenters. The first-order valence-electron chi connectivity index (χ1n) is 13.0. The molecule has 0 atom stereocenters. The summed E-state index contributed by atoms with van der Waals surface area (Å²) in [7, 11) is 0. The molecule has 0 fully saturated rings. The molecular weight excluding hydrogens is 484 g/mol. The van der Waals surface area contributed by atoms with Gasteiger partial charge in [0.1, 0.15) is 18.1 Å². The largest absolute Gasteiger partial charge is 0.490 e. The topological polar surface area (TPSA) is 99.1 Å². The summed E-state index contributed by atoms with van der Waals surface area (Å²) in [6.45, 7) is 11.9. The van der Waals surface area contributed by atoms with Gasteiger partial charge in [0, 0.05) is 5.57 Å². The number of carbonyl (C=O) groups excluding carboxylic acids is 2. The van der Waals surface area contributed by atoms with E-state index in [1.165, 1.54) is 62.8 Å². The van der Waals surface area contributed by atoms with Crippen LogP contribution in [0.5, 0.6) is 11.5 Å². The van der Waals surface area contributed by atoms with Crippen LogP contribution in [0.25, 0.3) is 0 Å². The van der Waals surface area contributed by atoms with Crippen molar-refractivity contribution in [1.29, 1.82) is 0 Å². The first-order valence-corrected chi connectivity index (χ1v) is 13.0. The molecule has 1 N–H and O–H groups in total. The van der Waals surface area contributed by atoms with Gasteiger partial charge in [0.2, 0.25) is 0 Å². The van der Waals surface area contributed by atoms with E-state index in [9.17, 15) is 14.4 Å². The lowest BCUT2D eigenvalue weighted by Crippen LogP contribution is -2.08. The molecule has 7 nitrogen and oxygen atoms in total. The van der Waals surface area contributed by atoms with Crippen molar-refractivity contribution in [2.45, 2.75) is 65.2 Å². The second-order valence-electron chi connectivity index (χ2n) is 8.73. The molecule has 0 bridgehead atoms. The Hall–Kier alpha value is -3.87. The van der Waals surface area contributed by atoms with Gasteiger partial charge in [-0.05, 0) is 61.9 Å². The maximum Gasteiger partial charge on any atom is 0.343 e. The monoisotopic (exact) mass is 524 g/mol. The van der Waals surface area contributed by atoms with E-state index in [0.29, 0.717) is 30.1 Å². The van der Waals surface area contributed by atoms with E-state index < -0.39 is 11.9 Å². The highest BCUT2D eigenvalue weighted by molar-refractivity contribution is 5.91. The molecule has 38 heavy (non-hydrogen) atoms. The van der Waals surface area contributed by atoms with Crippen LogP contribution in [0.1, 0.15) is 85.9 Å². The molecular formula is C31H40O7. The van der Waals surface area contributed by atoms with E-state index in [1.807, 2.05) is 0 Å². The summed E-state index contributed by atoms with van der Waals surface area (Å²) in [5.41, 5.74) is 0.983. The Morgan fingerprint density at radius 2 is 1.34 bits per heavy atom. The first kappa shape index (κ1) is 32.2. The normalized spacial score (nSPS) is 9.95. The molecule has 2 aromatic rings. The molecule has 206 valence electrons. The summed E-state index contributed by atoms with van der Waals surface area (Å²) >= 11 is 0. The summed E-state index contributed by atoms with van der Waals surface area (Å²) in [5, 5.41) is 8.80. The lowest BCUT2D eigenvalue weighted by Gasteiger charge is -2.06. The Balaban J connectivity index is 0.000000403. The summed E-state index contributed by atoms with van der Waals surface area (Å²) < 4.78 is 15.5. The van der Waals surface area contributed by atoms with E-state index in [2.05, 4.69) is 20.1 Å². The molecule has 0 spiro atoms. The Morgan fingerprint density at radius 3 is 1.87 bits per heavy atom. The Labute approximate surface area is 226 Å². The molecule has 0 saturated heterocycles. The van der Waals surface area contributed by atoms with Crippen molar-refractivity contribution in [3.8, 4) is 11.5 Å². The van der Waals surface area contributed by atoms with Crippen LogP contribution < -0.4 is 9.47 Å². The number of benzene rings is 2. The Morgan fingerprint density at radius 1 is 0.816 bits per heavy atom. The number of ether oxygens (including phenoxy) is 3. The van der Waals surface area contributed by atoms with Gasteiger partial charge >= 0.3 is 17.9 Å². The van der Waals surface area contributed by atoms with Crippen molar-refractivity contribution in [2.24, 2.45) is 0 Å². The lowest BCUT2D eigenvalue weighted by atomic mass is 10.1. The third kappa shape index (κ3) is 14.0. The highest BCUT2D eigenvalue weighted by Gasteiger charge is 2.10. The number of aromatic carboxylic acids is 1. The van der Waals surface area contributed by atoms with Crippen LogP contribution in [-0.2, 0) is 9.53 Å². The Bertz CT molecular complexity index is 1010. The fourth-order valence-electron chi connectivity index (χ4n) is 3.20. The Kier molecular flexibility index (Phi) is 16.3. The van der Waals surface area contributed by atoms with Gasteiger partial charge in [-0.2, -0.15) is 0 Å². The summed E-state index contributed by atoms with van der Waals surface area (Å²) in [6, 6.07) is 12.1. The third-order valence-corrected chi connectivity index (χ3v) is 5.35.